The lowest BCUT2D eigenvalue weighted by Gasteiger charge is -2.37. The molecule has 1 aliphatic rings. The van der Waals surface area contributed by atoms with Crippen LogP contribution in [0.5, 0.6) is 0 Å². The highest BCUT2D eigenvalue weighted by Crippen LogP contribution is 2.25. The van der Waals surface area contributed by atoms with Gasteiger partial charge in [-0.2, -0.15) is 0 Å². The van der Waals surface area contributed by atoms with E-state index in [1.807, 2.05) is 17.6 Å². The number of hydrogen-bond acceptors (Lipinski definition) is 4. The van der Waals surface area contributed by atoms with E-state index >= 15 is 0 Å². The van der Waals surface area contributed by atoms with Gasteiger partial charge in [-0.3, -0.25) is 4.90 Å². The quantitative estimate of drug-likeness (QED) is 0.845. The van der Waals surface area contributed by atoms with E-state index < -0.39 is 0 Å². The maximum absolute atomic E-state index is 13.9. The Bertz CT molecular complexity index is 590. The molecule has 0 saturated carbocycles. The normalized spacial score (nSPS) is 22.8. The van der Waals surface area contributed by atoms with Crippen LogP contribution in [0.4, 0.5) is 4.39 Å². The van der Waals surface area contributed by atoms with Crippen LogP contribution in [0.1, 0.15) is 17.7 Å². The topological polar surface area (TPSA) is 25.4 Å². The van der Waals surface area contributed by atoms with E-state index in [9.17, 15) is 4.39 Å². The molecule has 2 atom stereocenters. The summed E-state index contributed by atoms with van der Waals surface area (Å²) in [5, 5.41) is 2.09. The fourth-order valence-electron chi connectivity index (χ4n) is 3.23. The number of benzene rings is 1. The van der Waals surface area contributed by atoms with Crippen molar-refractivity contribution < 1.29 is 9.13 Å². The first-order valence-electron chi connectivity index (χ1n) is 7.62. The SMILES string of the molecule is CO[C@@H]1CCN(Cc2cscn2)C[C@H]1Cc1ccccc1F. The molecule has 22 heavy (non-hydrogen) atoms. The van der Waals surface area contributed by atoms with Crippen LogP contribution in [0.15, 0.2) is 35.2 Å². The minimum atomic E-state index is -0.117. The number of rotatable bonds is 5. The van der Waals surface area contributed by atoms with Gasteiger partial charge in [-0.1, -0.05) is 18.2 Å². The molecule has 3 rings (SSSR count). The van der Waals surface area contributed by atoms with Crippen molar-refractivity contribution in [1.82, 2.24) is 9.88 Å². The van der Waals surface area contributed by atoms with Crippen molar-refractivity contribution >= 4 is 11.3 Å². The van der Waals surface area contributed by atoms with Gasteiger partial charge in [-0.25, -0.2) is 9.37 Å². The summed E-state index contributed by atoms with van der Waals surface area (Å²) in [7, 11) is 1.76. The van der Waals surface area contributed by atoms with Gasteiger partial charge in [0.1, 0.15) is 5.82 Å². The van der Waals surface area contributed by atoms with Gasteiger partial charge >= 0.3 is 0 Å². The standard InChI is InChI=1S/C17H21FN2OS/c1-21-17-6-7-20(10-15-11-22-12-19-15)9-14(17)8-13-4-2-3-5-16(13)18/h2-5,11-12,14,17H,6-10H2,1H3/t14-,17-/m1/s1. The molecule has 1 aromatic heterocycles. The summed E-state index contributed by atoms with van der Waals surface area (Å²) in [5.74, 6) is 0.197. The molecule has 3 nitrogen and oxygen atoms in total. The zero-order chi connectivity index (χ0) is 15.4. The second kappa shape index (κ2) is 7.31. The number of ether oxygens (including phenoxy) is 1. The van der Waals surface area contributed by atoms with Crippen LogP contribution in [0.25, 0.3) is 0 Å². The smallest absolute Gasteiger partial charge is 0.126 e. The Morgan fingerprint density at radius 2 is 2.27 bits per heavy atom. The fourth-order valence-corrected chi connectivity index (χ4v) is 3.78. The molecule has 0 radical (unpaired) electrons. The van der Waals surface area contributed by atoms with Gasteiger partial charge in [-0.05, 0) is 24.5 Å². The van der Waals surface area contributed by atoms with Gasteiger partial charge < -0.3 is 4.74 Å². The number of nitrogens with zero attached hydrogens (tertiary/aromatic N) is 2. The number of piperidine rings is 1. The summed E-state index contributed by atoms with van der Waals surface area (Å²) in [4.78, 5) is 6.76. The van der Waals surface area contributed by atoms with Crippen LogP contribution in [0.2, 0.25) is 0 Å². The number of aromatic nitrogens is 1. The van der Waals surface area contributed by atoms with Crippen LogP contribution in [-0.4, -0.2) is 36.2 Å². The second-order valence-corrected chi connectivity index (χ2v) is 6.55. The number of likely N-dealkylation sites (tertiary alicyclic amines) is 1. The Balaban J connectivity index is 1.67. The monoisotopic (exact) mass is 320 g/mol. The fraction of sp³-hybridized carbons (Fsp3) is 0.471. The van der Waals surface area contributed by atoms with Gasteiger partial charge in [0.05, 0.1) is 17.3 Å². The molecule has 1 aliphatic heterocycles. The highest BCUT2D eigenvalue weighted by molar-refractivity contribution is 7.07. The Labute approximate surface area is 134 Å². The van der Waals surface area contributed by atoms with E-state index in [1.54, 1.807) is 24.5 Å². The average molecular weight is 320 g/mol. The van der Waals surface area contributed by atoms with Gasteiger partial charge in [0.2, 0.25) is 0 Å². The number of thiazole rings is 1. The van der Waals surface area contributed by atoms with Crippen molar-refractivity contribution in [3.05, 3.63) is 52.2 Å². The third kappa shape index (κ3) is 3.72. The molecule has 0 bridgehead atoms. The maximum Gasteiger partial charge on any atom is 0.126 e. The van der Waals surface area contributed by atoms with Crippen molar-refractivity contribution in [2.45, 2.75) is 25.5 Å². The van der Waals surface area contributed by atoms with Crippen LogP contribution >= 0.6 is 11.3 Å². The largest absolute Gasteiger partial charge is 0.381 e. The third-order valence-electron chi connectivity index (χ3n) is 4.36. The van der Waals surface area contributed by atoms with Crippen molar-refractivity contribution in [3.8, 4) is 0 Å². The zero-order valence-corrected chi connectivity index (χ0v) is 13.6. The Kier molecular flexibility index (Phi) is 5.18. The lowest BCUT2D eigenvalue weighted by molar-refractivity contribution is -0.00898. The van der Waals surface area contributed by atoms with E-state index in [0.29, 0.717) is 5.92 Å². The Morgan fingerprint density at radius 1 is 1.41 bits per heavy atom. The first-order valence-corrected chi connectivity index (χ1v) is 8.56. The predicted octanol–water partition coefficient (Wildman–Crippen LogP) is 3.36. The molecule has 0 N–H and O–H groups in total. The van der Waals surface area contributed by atoms with Crippen molar-refractivity contribution in [2.24, 2.45) is 5.92 Å². The highest BCUT2D eigenvalue weighted by Gasteiger charge is 2.30. The maximum atomic E-state index is 13.9. The van der Waals surface area contributed by atoms with E-state index in [0.717, 1.165) is 43.7 Å². The van der Waals surface area contributed by atoms with Crippen LogP contribution < -0.4 is 0 Å². The molecule has 1 aromatic carbocycles. The van der Waals surface area contributed by atoms with E-state index in [-0.39, 0.29) is 11.9 Å². The van der Waals surface area contributed by atoms with Crippen LogP contribution in [-0.2, 0) is 17.7 Å². The zero-order valence-electron chi connectivity index (χ0n) is 12.7. The van der Waals surface area contributed by atoms with Crippen molar-refractivity contribution in [3.63, 3.8) is 0 Å². The first kappa shape index (κ1) is 15.6. The van der Waals surface area contributed by atoms with Crippen LogP contribution in [0, 0.1) is 11.7 Å². The molecule has 1 saturated heterocycles. The highest BCUT2D eigenvalue weighted by atomic mass is 32.1. The molecule has 0 aliphatic carbocycles. The number of hydrogen-bond donors (Lipinski definition) is 0. The Morgan fingerprint density at radius 3 is 3.00 bits per heavy atom. The van der Waals surface area contributed by atoms with E-state index in [4.69, 9.17) is 4.74 Å². The summed E-state index contributed by atoms with van der Waals surface area (Å²) >= 11 is 1.63. The molecule has 0 amide bonds. The molecule has 5 heteroatoms. The summed E-state index contributed by atoms with van der Waals surface area (Å²) in [5.41, 5.74) is 3.77. The molecular weight excluding hydrogens is 299 g/mol. The second-order valence-electron chi connectivity index (χ2n) is 5.83. The lowest BCUT2D eigenvalue weighted by Crippen LogP contribution is -2.44. The van der Waals surface area contributed by atoms with E-state index in [2.05, 4.69) is 15.3 Å². The molecular formula is C17H21FN2OS. The first-order chi connectivity index (χ1) is 10.8. The van der Waals surface area contributed by atoms with Gasteiger partial charge in [-0.15, -0.1) is 11.3 Å². The van der Waals surface area contributed by atoms with Gasteiger partial charge in [0.15, 0.2) is 0 Å². The summed E-state index contributed by atoms with van der Waals surface area (Å²) in [6, 6.07) is 7.05. The minimum Gasteiger partial charge on any atom is -0.381 e. The van der Waals surface area contributed by atoms with E-state index in [1.165, 1.54) is 6.07 Å². The third-order valence-corrected chi connectivity index (χ3v) is 5.00. The Hall–Kier alpha value is -1.30. The molecule has 2 aromatic rings. The number of methoxy groups -OCH3 is 1. The van der Waals surface area contributed by atoms with Crippen LogP contribution in [0.3, 0.4) is 0 Å². The number of halogens is 1. The molecule has 1 fully saturated rings. The van der Waals surface area contributed by atoms with Crippen molar-refractivity contribution in [1.29, 1.82) is 0 Å². The molecule has 0 spiro atoms. The summed E-state index contributed by atoms with van der Waals surface area (Å²) < 4.78 is 19.6. The summed E-state index contributed by atoms with van der Waals surface area (Å²) in [6.07, 6.45) is 1.91. The van der Waals surface area contributed by atoms with Crippen molar-refractivity contribution in [2.75, 3.05) is 20.2 Å². The molecule has 0 unspecified atom stereocenters. The average Bonchev–Trinajstić information content (AvgIpc) is 3.03. The van der Waals surface area contributed by atoms with Gasteiger partial charge in [0.25, 0.3) is 0 Å². The summed E-state index contributed by atoms with van der Waals surface area (Å²) in [6.45, 7) is 2.79. The molecule has 118 valence electrons. The van der Waals surface area contributed by atoms with Gasteiger partial charge in [0, 0.05) is 38.0 Å². The predicted molar refractivity (Wildman–Crippen MR) is 86.4 cm³/mol. The minimum absolute atomic E-state index is 0.117. The molecule has 2 heterocycles. The lowest BCUT2D eigenvalue weighted by atomic mass is 9.88.